The van der Waals surface area contributed by atoms with Crippen molar-refractivity contribution in [1.29, 1.82) is 0 Å². The van der Waals surface area contributed by atoms with E-state index in [-0.39, 0.29) is 0 Å². The maximum atomic E-state index is 4.25. The van der Waals surface area contributed by atoms with Gasteiger partial charge in [-0.3, -0.25) is 9.97 Å². The number of nitrogens with one attached hydrogen (secondary N) is 1. The number of H-pyrrole nitrogens is 1. The summed E-state index contributed by atoms with van der Waals surface area (Å²) in [6, 6.07) is 1.92. The molecule has 4 nitrogen and oxygen atoms in total. The van der Waals surface area contributed by atoms with Crippen molar-refractivity contribution < 1.29 is 0 Å². The Kier molecular flexibility index (Phi) is 1.14. The lowest BCUT2D eigenvalue weighted by molar-refractivity contribution is 1.32. The Balaban J connectivity index is 2.65. The molecule has 0 saturated carbocycles. The predicted octanol–water partition coefficient (Wildman–Crippen LogP) is 1.51. The zero-order valence-corrected chi connectivity index (χ0v) is 6.73. The van der Waals surface area contributed by atoms with Crippen LogP contribution in [0.5, 0.6) is 0 Å². The highest BCUT2D eigenvalue weighted by Gasteiger charge is 2.01. The van der Waals surface area contributed by atoms with Crippen LogP contribution in [-0.2, 0) is 0 Å². The van der Waals surface area contributed by atoms with Gasteiger partial charge in [-0.05, 0) is 6.07 Å². The number of fused-ring (bicyclic) bond motifs is 3. The van der Waals surface area contributed by atoms with Crippen molar-refractivity contribution >= 4 is 21.9 Å². The van der Waals surface area contributed by atoms with Crippen molar-refractivity contribution in [3.8, 4) is 0 Å². The molecule has 0 aliphatic heterocycles. The van der Waals surface area contributed by atoms with E-state index >= 15 is 0 Å². The summed E-state index contributed by atoms with van der Waals surface area (Å²) in [6.07, 6.45) is 6.93. The zero-order chi connectivity index (χ0) is 8.67. The predicted molar refractivity (Wildman–Crippen MR) is 49.2 cm³/mol. The van der Waals surface area contributed by atoms with Crippen molar-refractivity contribution in [3.05, 3.63) is 31.0 Å². The van der Waals surface area contributed by atoms with Gasteiger partial charge in [0.25, 0.3) is 0 Å². The quantitative estimate of drug-likeness (QED) is 0.556. The Morgan fingerprint density at radius 1 is 1.15 bits per heavy atom. The summed E-state index contributed by atoms with van der Waals surface area (Å²) in [4.78, 5) is 15.5. The SMILES string of the molecule is c1cc2c(cn1)ncc1[nH]cnc12. The highest BCUT2D eigenvalue weighted by molar-refractivity contribution is 6.00. The van der Waals surface area contributed by atoms with Crippen molar-refractivity contribution in [1.82, 2.24) is 19.9 Å². The molecule has 0 fully saturated rings. The topological polar surface area (TPSA) is 54.5 Å². The fraction of sp³-hybridized carbons (Fsp3) is 0. The van der Waals surface area contributed by atoms with Crippen LogP contribution in [0.15, 0.2) is 31.0 Å². The van der Waals surface area contributed by atoms with E-state index in [9.17, 15) is 0 Å². The summed E-state index contributed by atoms with van der Waals surface area (Å²) in [7, 11) is 0. The number of aromatic amines is 1. The van der Waals surface area contributed by atoms with Crippen LogP contribution in [0, 0.1) is 0 Å². The molecule has 0 spiro atoms. The number of rotatable bonds is 0. The number of hydrogen-bond donors (Lipinski definition) is 1. The molecule has 3 heterocycles. The van der Waals surface area contributed by atoms with E-state index in [1.807, 2.05) is 6.07 Å². The molecule has 0 aliphatic rings. The summed E-state index contributed by atoms with van der Waals surface area (Å²) in [5.41, 5.74) is 2.79. The summed E-state index contributed by atoms with van der Waals surface area (Å²) in [6.45, 7) is 0. The van der Waals surface area contributed by atoms with Gasteiger partial charge in [-0.2, -0.15) is 0 Å². The third-order valence-electron chi connectivity index (χ3n) is 2.06. The Labute approximate surface area is 73.7 Å². The van der Waals surface area contributed by atoms with Crippen LogP contribution < -0.4 is 0 Å². The van der Waals surface area contributed by atoms with Crippen LogP contribution in [0.4, 0.5) is 0 Å². The highest BCUT2D eigenvalue weighted by Crippen LogP contribution is 2.18. The molecule has 0 unspecified atom stereocenters. The Morgan fingerprint density at radius 3 is 3.15 bits per heavy atom. The molecule has 0 amide bonds. The maximum absolute atomic E-state index is 4.25. The fourth-order valence-electron chi connectivity index (χ4n) is 1.44. The molecule has 3 aromatic rings. The second-order valence-electron chi connectivity index (χ2n) is 2.82. The first-order valence-electron chi connectivity index (χ1n) is 3.97. The normalized spacial score (nSPS) is 11.1. The zero-order valence-electron chi connectivity index (χ0n) is 6.73. The van der Waals surface area contributed by atoms with Gasteiger partial charge in [0.15, 0.2) is 0 Å². The van der Waals surface area contributed by atoms with Gasteiger partial charge in [0, 0.05) is 11.6 Å². The molecular formula is C9H6N4. The van der Waals surface area contributed by atoms with Crippen LogP contribution >= 0.6 is 0 Å². The van der Waals surface area contributed by atoms with Crippen LogP contribution in [0.1, 0.15) is 0 Å². The minimum Gasteiger partial charge on any atom is -0.343 e. The van der Waals surface area contributed by atoms with E-state index in [2.05, 4.69) is 19.9 Å². The molecule has 1 N–H and O–H groups in total. The standard InChI is InChI=1S/C9H6N4/c1-2-10-3-7-6(1)9-8(4-11-7)12-5-13-9/h1-5H,(H,12,13). The van der Waals surface area contributed by atoms with E-state index in [1.54, 1.807) is 24.9 Å². The second kappa shape index (κ2) is 2.26. The molecule has 62 valence electrons. The molecule has 13 heavy (non-hydrogen) atoms. The van der Waals surface area contributed by atoms with Gasteiger partial charge in [0.1, 0.15) is 0 Å². The Bertz CT molecular complexity index is 570. The molecule has 3 rings (SSSR count). The smallest absolute Gasteiger partial charge is 0.0993 e. The van der Waals surface area contributed by atoms with Gasteiger partial charge in [-0.15, -0.1) is 0 Å². The first-order chi connectivity index (χ1) is 6.45. The van der Waals surface area contributed by atoms with Gasteiger partial charge >= 0.3 is 0 Å². The van der Waals surface area contributed by atoms with E-state index in [4.69, 9.17) is 0 Å². The van der Waals surface area contributed by atoms with E-state index in [0.717, 1.165) is 21.9 Å². The van der Waals surface area contributed by atoms with Crippen molar-refractivity contribution in [2.24, 2.45) is 0 Å². The molecule has 0 saturated heterocycles. The van der Waals surface area contributed by atoms with Gasteiger partial charge in [-0.25, -0.2) is 4.98 Å². The third kappa shape index (κ3) is 0.823. The molecule has 4 heteroatoms. The summed E-state index contributed by atoms with van der Waals surface area (Å²) in [5, 5.41) is 1.04. The molecule has 0 aliphatic carbocycles. The Hall–Kier alpha value is -1.97. The molecule has 3 aromatic heterocycles. The number of aromatic nitrogens is 4. The van der Waals surface area contributed by atoms with Gasteiger partial charge in [0.05, 0.1) is 35.3 Å². The monoisotopic (exact) mass is 170 g/mol. The third-order valence-corrected chi connectivity index (χ3v) is 2.06. The molecular weight excluding hydrogens is 164 g/mol. The summed E-state index contributed by atoms with van der Waals surface area (Å²) < 4.78 is 0. The number of nitrogens with zero attached hydrogens (tertiary/aromatic N) is 3. The second-order valence-corrected chi connectivity index (χ2v) is 2.82. The van der Waals surface area contributed by atoms with E-state index in [1.165, 1.54) is 0 Å². The molecule has 0 radical (unpaired) electrons. The van der Waals surface area contributed by atoms with Gasteiger partial charge in [0.2, 0.25) is 0 Å². The van der Waals surface area contributed by atoms with Crippen LogP contribution in [0.25, 0.3) is 21.9 Å². The summed E-state index contributed by atoms with van der Waals surface area (Å²) >= 11 is 0. The fourth-order valence-corrected chi connectivity index (χ4v) is 1.44. The van der Waals surface area contributed by atoms with Crippen molar-refractivity contribution in [2.45, 2.75) is 0 Å². The average molecular weight is 170 g/mol. The van der Waals surface area contributed by atoms with Crippen LogP contribution in [0.2, 0.25) is 0 Å². The van der Waals surface area contributed by atoms with E-state index < -0.39 is 0 Å². The van der Waals surface area contributed by atoms with Gasteiger partial charge in [-0.1, -0.05) is 0 Å². The maximum Gasteiger partial charge on any atom is 0.0993 e. The molecule has 0 aromatic carbocycles. The first-order valence-corrected chi connectivity index (χ1v) is 3.97. The lowest BCUT2D eigenvalue weighted by Crippen LogP contribution is -1.81. The average Bonchev–Trinajstić information content (AvgIpc) is 2.65. The Morgan fingerprint density at radius 2 is 2.15 bits per heavy atom. The number of pyridine rings is 2. The molecule has 0 bridgehead atoms. The minimum atomic E-state index is 0.877. The lowest BCUT2D eigenvalue weighted by atomic mass is 10.2. The summed E-state index contributed by atoms with van der Waals surface area (Å²) in [5.74, 6) is 0. The molecule has 0 atom stereocenters. The minimum absolute atomic E-state index is 0.877. The highest BCUT2D eigenvalue weighted by atomic mass is 14.9. The van der Waals surface area contributed by atoms with Crippen molar-refractivity contribution in [3.63, 3.8) is 0 Å². The van der Waals surface area contributed by atoms with Gasteiger partial charge < -0.3 is 4.98 Å². The van der Waals surface area contributed by atoms with Crippen molar-refractivity contribution in [2.75, 3.05) is 0 Å². The van der Waals surface area contributed by atoms with Crippen LogP contribution in [-0.4, -0.2) is 19.9 Å². The number of imidazole rings is 1. The first kappa shape index (κ1) is 6.54. The lowest BCUT2D eigenvalue weighted by Gasteiger charge is -1.95. The largest absolute Gasteiger partial charge is 0.343 e. The number of hydrogen-bond acceptors (Lipinski definition) is 3. The van der Waals surface area contributed by atoms with E-state index in [0.29, 0.717) is 0 Å². The van der Waals surface area contributed by atoms with Crippen LogP contribution in [0.3, 0.4) is 0 Å².